The molecule has 1 aromatic carbocycles. The second kappa shape index (κ2) is 4.53. The van der Waals surface area contributed by atoms with Gasteiger partial charge in [-0.25, -0.2) is 0 Å². The van der Waals surface area contributed by atoms with Crippen molar-refractivity contribution in [3.05, 3.63) is 35.5 Å². The van der Waals surface area contributed by atoms with Gasteiger partial charge in [-0.2, -0.15) is 0 Å². The summed E-state index contributed by atoms with van der Waals surface area (Å²) in [6.07, 6.45) is 1.75. The van der Waals surface area contributed by atoms with Crippen LogP contribution in [0.15, 0.2) is 30.5 Å². The van der Waals surface area contributed by atoms with Crippen LogP contribution in [-0.2, 0) is 0 Å². The Morgan fingerprint density at radius 1 is 1.24 bits per heavy atom. The predicted molar refractivity (Wildman–Crippen MR) is 71.7 cm³/mol. The zero-order valence-electron chi connectivity index (χ0n) is 10.3. The zero-order valence-corrected chi connectivity index (χ0v) is 11.1. The lowest BCUT2D eigenvalue weighted by molar-refractivity contribution is 0.199. The molecule has 0 radical (unpaired) electrons. The van der Waals surface area contributed by atoms with Crippen LogP contribution in [0.3, 0.4) is 0 Å². The van der Waals surface area contributed by atoms with Crippen LogP contribution in [0.25, 0.3) is 10.9 Å². The Labute approximate surface area is 107 Å². The van der Waals surface area contributed by atoms with Crippen LogP contribution < -0.4 is 4.74 Å². The molecule has 2 nitrogen and oxygen atoms in total. The fourth-order valence-corrected chi connectivity index (χ4v) is 1.74. The van der Waals surface area contributed by atoms with E-state index >= 15 is 0 Å². The van der Waals surface area contributed by atoms with Crippen LogP contribution in [0, 0.1) is 5.41 Å². The van der Waals surface area contributed by atoms with E-state index in [0.29, 0.717) is 11.6 Å². The summed E-state index contributed by atoms with van der Waals surface area (Å²) in [7, 11) is 0. The molecule has 3 heteroatoms. The van der Waals surface area contributed by atoms with E-state index in [1.807, 2.05) is 24.3 Å². The highest BCUT2D eigenvalue weighted by molar-refractivity contribution is 6.35. The minimum Gasteiger partial charge on any atom is -0.491 e. The van der Waals surface area contributed by atoms with Gasteiger partial charge in [-0.3, -0.25) is 4.98 Å². The summed E-state index contributed by atoms with van der Waals surface area (Å²) in [4.78, 5) is 4.33. The Kier molecular flexibility index (Phi) is 3.25. The highest BCUT2D eigenvalue weighted by Crippen LogP contribution is 2.30. The molecule has 0 aliphatic carbocycles. The SMILES string of the molecule is CC(C)(C)COc1ccc(Cl)c2cccnc12. The first-order valence-electron chi connectivity index (χ1n) is 5.63. The van der Waals surface area contributed by atoms with E-state index in [4.69, 9.17) is 16.3 Å². The molecule has 0 amide bonds. The second-order valence-corrected chi connectivity index (χ2v) is 5.70. The summed E-state index contributed by atoms with van der Waals surface area (Å²) in [6, 6.07) is 7.56. The molecular formula is C14H16ClNO. The molecule has 0 aliphatic heterocycles. The van der Waals surface area contributed by atoms with Gasteiger partial charge in [0.2, 0.25) is 0 Å². The van der Waals surface area contributed by atoms with Gasteiger partial charge in [0.05, 0.1) is 11.6 Å². The average Bonchev–Trinajstić information content (AvgIpc) is 2.27. The number of halogens is 1. The van der Waals surface area contributed by atoms with Crippen molar-refractivity contribution in [3.63, 3.8) is 0 Å². The number of fused-ring (bicyclic) bond motifs is 1. The summed E-state index contributed by atoms with van der Waals surface area (Å²) < 4.78 is 5.82. The van der Waals surface area contributed by atoms with Gasteiger partial charge >= 0.3 is 0 Å². The maximum absolute atomic E-state index is 6.12. The smallest absolute Gasteiger partial charge is 0.145 e. The molecule has 0 saturated heterocycles. The Balaban J connectivity index is 2.38. The van der Waals surface area contributed by atoms with Crippen molar-refractivity contribution in [2.45, 2.75) is 20.8 Å². The minimum atomic E-state index is 0.126. The van der Waals surface area contributed by atoms with E-state index < -0.39 is 0 Å². The molecule has 17 heavy (non-hydrogen) atoms. The van der Waals surface area contributed by atoms with Gasteiger partial charge in [0.15, 0.2) is 0 Å². The largest absolute Gasteiger partial charge is 0.491 e. The van der Waals surface area contributed by atoms with Gasteiger partial charge in [-0.1, -0.05) is 32.4 Å². The van der Waals surface area contributed by atoms with Crippen molar-refractivity contribution < 1.29 is 4.74 Å². The first-order valence-corrected chi connectivity index (χ1v) is 6.01. The monoisotopic (exact) mass is 249 g/mol. The fourth-order valence-electron chi connectivity index (χ4n) is 1.52. The van der Waals surface area contributed by atoms with E-state index in [9.17, 15) is 0 Å². The standard InChI is InChI=1S/C14H16ClNO/c1-14(2,3)9-17-12-7-6-11(15)10-5-4-8-16-13(10)12/h4-8H,9H2,1-3H3. The fraction of sp³-hybridized carbons (Fsp3) is 0.357. The van der Waals surface area contributed by atoms with Crippen molar-refractivity contribution in [2.75, 3.05) is 6.61 Å². The number of rotatable bonds is 2. The molecule has 0 spiro atoms. The third-order valence-electron chi connectivity index (χ3n) is 2.34. The molecule has 1 aromatic heterocycles. The summed E-state index contributed by atoms with van der Waals surface area (Å²) in [6.45, 7) is 7.07. The van der Waals surface area contributed by atoms with Crippen LogP contribution in [-0.4, -0.2) is 11.6 Å². The van der Waals surface area contributed by atoms with Crippen molar-refractivity contribution in [3.8, 4) is 5.75 Å². The van der Waals surface area contributed by atoms with Crippen LogP contribution in [0.5, 0.6) is 5.75 Å². The molecule has 0 saturated carbocycles. The minimum absolute atomic E-state index is 0.126. The Morgan fingerprint density at radius 2 is 2.00 bits per heavy atom. The van der Waals surface area contributed by atoms with Crippen LogP contribution >= 0.6 is 11.6 Å². The van der Waals surface area contributed by atoms with E-state index in [1.165, 1.54) is 0 Å². The summed E-state index contributed by atoms with van der Waals surface area (Å²) in [5.74, 6) is 0.792. The Morgan fingerprint density at radius 3 is 2.71 bits per heavy atom. The highest BCUT2D eigenvalue weighted by atomic mass is 35.5. The number of hydrogen-bond acceptors (Lipinski definition) is 2. The topological polar surface area (TPSA) is 22.1 Å². The first-order chi connectivity index (χ1) is 7.97. The molecule has 0 N–H and O–H groups in total. The molecule has 0 bridgehead atoms. The van der Waals surface area contributed by atoms with Gasteiger partial charge < -0.3 is 4.74 Å². The molecule has 0 atom stereocenters. The van der Waals surface area contributed by atoms with Crippen molar-refractivity contribution in [1.82, 2.24) is 4.98 Å². The Bertz CT molecular complexity index is 531. The molecular weight excluding hydrogens is 234 g/mol. The summed E-state index contributed by atoms with van der Waals surface area (Å²) >= 11 is 6.12. The van der Waals surface area contributed by atoms with Crippen molar-refractivity contribution in [2.24, 2.45) is 5.41 Å². The molecule has 0 unspecified atom stereocenters. The van der Waals surface area contributed by atoms with Crippen LogP contribution in [0.4, 0.5) is 0 Å². The average molecular weight is 250 g/mol. The lowest BCUT2D eigenvalue weighted by Gasteiger charge is -2.19. The molecule has 2 rings (SSSR count). The number of aromatic nitrogens is 1. The highest BCUT2D eigenvalue weighted by Gasteiger charge is 2.13. The molecule has 0 aliphatic rings. The quantitative estimate of drug-likeness (QED) is 0.791. The number of nitrogens with zero attached hydrogens (tertiary/aromatic N) is 1. The van der Waals surface area contributed by atoms with Gasteiger partial charge in [0.25, 0.3) is 0 Å². The predicted octanol–water partition coefficient (Wildman–Crippen LogP) is 4.31. The van der Waals surface area contributed by atoms with E-state index in [0.717, 1.165) is 16.7 Å². The number of ether oxygens (including phenoxy) is 1. The summed E-state index contributed by atoms with van der Waals surface area (Å²) in [5, 5.41) is 1.64. The van der Waals surface area contributed by atoms with Gasteiger partial charge in [0.1, 0.15) is 11.3 Å². The lowest BCUT2D eigenvalue weighted by Crippen LogP contribution is -2.17. The Hall–Kier alpha value is -1.28. The maximum Gasteiger partial charge on any atom is 0.145 e. The third-order valence-corrected chi connectivity index (χ3v) is 2.67. The molecule has 1 heterocycles. The van der Waals surface area contributed by atoms with E-state index in [2.05, 4.69) is 25.8 Å². The summed E-state index contributed by atoms with van der Waals surface area (Å²) in [5.41, 5.74) is 0.949. The van der Waals surface area contributed by atoms with Gasteiger partial charge in [-0.05, 0) is 29.7 Å². The number of hydrogen-bond donors (Lipinski definition) is 0. The van der Waals surface area contributed by atoms with Crippen LogP contribution in [0.2, 0.25) is 5.02 Å². The van der Waals surface area contributed by atoms with Crippen molar-refractivity contribution in [1.29, 1.82) is 0 Å². The van der Waals surface area contributed by atoms with Gasteiger partial charge in [0, 0.05) is 11.6 Å². The molecule has 2 aromatic rings. The normalized spacial score (nSPS) is 11.8. The third kappa shape index (κ3) is 2.89. The maximum atomic E-state index is 6.12. The van der Waals surface area contributed by atoms with Crippen LogP contribution in [0.1, 0.15) is 20.8 Å². The second-order valence-electron chi connectivity index (χ2n) is 5.29. The van der Waals surface area contributed by atoms with E-state index in [1.54, 1.807) is 6.20 Å². The number of benzene rings is 1. The van der Waals surface area contributed by atoms with Gasteiger partial charge in [-0.15, -0.1) is 0 Å². The zero-order chi connectivity index (χ0) is 12.5. The lowest BCUT2D eigenvalue weighted by atomic mass is 9.99. The number of pyridine rings is 1. The molecule has 0 fully saturated rings. The van der Waals surface area contributed by atoms with E-state index in [-0.39, 0.29) is 5.41 Å². The first kappa shape index (κ1) is 12.2. The van der Waals surface area contributed by atoms with Crippen molar-refractivity contribution >= 4 is 22.5 Å². The molecule has 90 valence electrons.